The SMILES string of the molecule is Cc1cnc(C(=O)N2CCOC(c3c(C(N)=O)sc4ncccc34)C2)cn1. The monoisotopic (exact) mass is 383 g/mol. The third-order valence-electron chi connectivity index (χ3n) is 4.40. The summed E-state index contributed by atoms with van der Waals surface area (Å²) in [4.78, 5) is 40.1. The quantitative estimate of drug-likeness (QED) is 0.737. The van der Waals surface area contributed by atoms with Crippen molar-refractivity contribution in [3.63, 3.8) is 0 Å². The zero-order chi connectivity index (χ0) is 19.0. The summed E-state index contributed by atoms with van der Waals surface area (Å²) >= 11 is 1.24. The van der Waals surface area contributed by atoms with E-state index in [9.17, 15) is 9.59 Å². The van der Waals surface area contributed by atoms with E-state index < -0.39 is 12.0 Å². The zero-order valence-electron chi connectivity index (χ0n) is 14.6. The summed E-state index contributed by atoms with van der Waals surface area (Å²) in [5.41, 5.74) is 7.30. The number of amides is 2. The highest BCUT2D eigenvalue weighted by Crippen LogP contribution is 2.37. The van der Waals surface area contributed by atoms with Crippen molar-refractivity contribution >= 4 is 33.4 Å². The molecule has 138 valence electrons. The minimum absolute atomic E-state index is 0.214. The number of thiophene rings is 1. The van der Waals surface area contributed by atoms with Crippen LogP contribution in [0.25, 0.3) is 10.2 Å². The molecule has 0 radical (unpaired) electrons. The molecule has 1 aliphatic rings. The number of aryl methyl sites for hydroxylation is 1. The van der Waals surface area contributed by atoms with E-state index in [1.54, 1.807) is 23.4 Å². The van der Waals surface area contributed by atoms with E-state index in [0.717, 1.165) is 15.9 Å². The Labute approximate surface area is 159 Å². The normalized spacial score (nSPS) is 17.2. The second-order valence-corrected chi connectivity index (χ2v) is 7.22. The van der Waals surface area contributed by atoms with Gasteiger partial charge in [0.25, 0.3) is 11.8 Å². The molecule has 4 heterocycles. The molecule has 0 saturated carbocycles. The molecule has 3 aromatic heterocycles. The van der Waals surface area contributed by atoms with Crippen molar-refractivity contribution in [1.29, 1.82) is 0 Å². The van der Waals surface area contributed by atoms with E-state index in [-0.39, 0.29) is 11.6 Å². The molecular formula is C18H17N5O3S. The van der Waals surface area contributed by atoms with E-state index in [1.165, 1.54) is 17.5 Å². The van der Waals surface area contributed by atoms with Crippen LogP contribution in [0.1, 0.15) is 37.5 Å². The van der Waals surface area contributed by atoms with Gasteiger partial charge in [-0.3, -0.25) is 14.6 Å². The first kappa shape index (κ1) is 17.5. The van der Waals surface area contributed by atoms with Gasteiger partial charge < -0.3 is 15.4 Å². The lowest BCUT2D eigenvalue weighted by atomic mass is 10.0. The smallest absolute Gasteiger partial charge is 0.274 e. The van der Waals surface area contributed by atoms with Crippen molar-refractivity contribution in [3.8, 4) is 0 Å². The number of nitrogens with two attached hydrogens (primary N) is 1. The highest BCUT2D eigenvalue weighted by Gasteiger charge is 2.32. The Hall–Kier alpha value is -2.91. The average molecular weight is 383 g/mol. The van der Waals surface area contributed by atoms with Crippen LogP contribution in [0.5, 0.6) is 0 Å². The summed E-state index contributed by atoms with van der Waals surface area (Å²) in [6, 6.07) is 3.69. The number of carbonyl (C=O) groups excluding carboxylic acids is 2. The van der Waals surface area contributed by atoms with E-state index in [0.29, 0.717) is 30.1 Å². The van der Waals surface area contributed by atoms with Crippen LogP contribution < -0.4 is 5.73 Å². The molecule has 4 rings (SSSR count). The summed E-state index contributed by atoms with van der Waals surface area (Å²) < 4.78 is 5.90. The number of primary amides is 1. The van der Waals surface area contributed by atoms with Crippen molar-refractivity contribution in [2.24, 2.45) is 5.73 Å². The maximum atomic E-state index is 12.8. The molecule has 0 spiro atoms. The van der Waals surface area contributed by atoms with E-state index in [2.05, 4.69) is 15.0 Å². The van der Waals surface area contributed by atoms with Crippen LogP contribution in [0.3, 0.4) is 0 Å². The largest absolute Gasteiger partial charge is 0.370 e. The maximum absolute atomic E-state index is 12.8. The van der Waals surface area contributed by atoms with Crippen LogP contribution in [0.15, 0.2) is 30.7 Å². The summed E-state index contributed by atoms with van der Waals surface area (Å²) in [6.45, 7) is 2.91. The number of aromatic nitrogens is 3. The van der Waals surface area contributed by atoms with Crippen LogP contribution in [0.2, 0.25) is 0 Å². The number of pyridine rings is 1. The summed E-state index contributed by atoms with van der Waals surface area (Å²) in [5.74, 6) is -0.737. The summed E-state index contributed by atoms with van der Waals surface area (Å²) in [7, 11) is 0. The highest BCUT2D eigenvalue weighted by molar-refractivity contribution is 7.20. The molecule has 2 N–H and O–H groups in total. The molecule has 1 aliphatic heterocycles. The number of ether oxygens (including phenoxy) is 1. The number of fused-ring (bicyclic) bond motifs is 1. The van der Waals surface area contributed by atoms with Crippen molar-refractivity contribution in [2.45, 2.75) is 13.0 Å². The Balaban J connectivity index is 1.66. The molecule has 27 heavy (non-hydrogen) atoms. The second-order valence-electron chi connectivity index (χ2n) is 6.22. The molecule has 1 fully saturated rings. The Morgan fingerprint density at radius 2 is 2.15 bits per heavy atom. The molecule has 0 aromatic carbocycles. The molecule has 1 atom stereocenters. The highest BCUT2D eigenvalue weighted by atomic mass is 32.1. The van der Waals surface area contributed by atoms with Crippen LogP contribution in [0, 0.1) is 6.92 Å². The minimum atomic E-state index is -0.524. The van der Waals surface area contributed by atoms with Crippen LogP contribution >= 0.6 is 11.3 Å². The molecule has 1 saturated heterocycles. The summed E-state index contributed by atoms with van der Waals surface area (Å²) in [6.07, 6.45) is 4.25. The molecule has 2 amide bonds. The van der Waals surface area contributed by atoms with Crippen molar-refractivity contribution < 1.29 is 14.3 Å². The molecular weight excluding hydrogens is 366 g/mol. The Morgan fingerprint density at radius 1 is 1.30 bits per heavy atom. The number of nitrogens with zero attached hydrogens (tertiary/aromatic N) is 4. The lowest BCUT2D eigenvalue weighted by molar-refractivity contribution is -0.0224. The predicted octanol–water partition coefficient (Wildman–Crippen LogP) is 1.71. The first-order valence-corrected chi connectivity index (χ1v) is 9.23. The summed E-state index contributed by atoms with van der Waals surface area (Å²) in [5, 5.41) is 0.825. The van der Waals surface area contributed by atoms with Crippen molar-refractivity contribution in [3.05, 3.63) is 52.6 Å². The van der Waals surface area contributed by atoms with Crippen LogP contribution in [0.4, 0.5) is 0 Å². The number of carbonyl (C=O) groups is 2. The van der Waals surface area contributed by atoms with Crippen LogP contribution in [-0.4, -0.2) is 51.4 Å². The van der Waals surface area contributed by atoms with Gasteiger partial charge in [0.2, 0.25) is 0 Å². The van der Waals surface area contributed by atoms with Gasteiger partial charge in [-0.15, -0.1) is 11.3 Å². The topological polar surface area (TPSA) is 111 Å². The maximum Gasteiger partial charge on any atom is 0.274 e. The number of rotatable bonds is 3. The lowest BCUT2D eigenvalue weighted by Gasteiger charge is -2.33. The van der Waals surface area contributed by atoms with Gasteiger partial charge >= 0.3 is 0 Å². The van der Waals surface area contributed by atoms with Gasteiger partial charge in [-0.1, -0.05) is 6.07 Å². The number of hydrogen-bond acceptors (Lipinski definition) is 7. The van der Waals surface area contributed by atoms with Gasteiger partial charge in [-0.2, -0.15) is 0 Å². The van der Waals surface area contributed by atoms with Gasteiger partial charge in [-0.05, 0) is 13.0 Å². The third-order valence-corrected chi connectivity index (χ3v) is 5.55. The first-order chi connectivity index (χ1) is 13.0. The Morgan fingerprint density at radius 3 is 2.89 bits per heavy atom. The third kappa shape index (κ3) is 3.26. The molecule has 9 heteroatoms. The van der Waals surface area contributed by atoms with Crippen molar-refractivity contribution in [2.75, 3.05) is 19.7 Å². The second kappa shape index (κ2) is 7.01. The average Bonchev–Trinajstić information content (AvgIpc) is 3.08. The zero-order valence-corrected chi connectivity index (χ0v) is 15.4. The van der Waals surface area contributed by atoms with Crippen molar-refractivity contribution in [1.82, 2.24) is 19.9 Å². The fourth-order valence-electron chi connectivity index (χ4n) is 3.13. The van der Waals surface area contributed by atoms with Gasteiger partial charge in [0, 0.05) is 29.9 Å². The Bertz CT molecular complexity index is 1020. The Kier molecular flexibility index (Phi) is 4.54. The lowest BCUT2D eigenvalue weighted by Crippen LogP contribution is -2.42. The molecule has 0 bridgehead atoms. The van der Waals surface area contributed by atoms with Gasteiger partial charge in [0.15, 0.2) is 0 Å². The van der Waals surface area contributed by atoms with E-state index >= 15 is 0 Å². The van der Waals surface area contributed by atoms with Gasteiger partial charge in [0.05, 0.1) is 25.0 Å². The van der Waals surface area contributed by atoms with E-state index in [4.69, 9.17) is 10.5 Å². The molecule has 1 unspecified atom stereocenters. The molecule has 8 nitrogen and oxygen atoms in total. The van der Waals surface area contributed by atoms with E-state index in [1.807, 2.05) is 13.0 Å². The molecule has 0 aliphatic carbocycles. The van der Waals surface area contributed by atoms with Gasteiger partial charge in [-0.25, -0.2) is 9.97 Å². The predicted molar refractivity (Wildman–Crippen MR) is 99.5 cm³/mol. The van der Waals surface area contributed by atoms with Crippen LogP contribution in [-0.2, 0) is 4.74 Å². The standard InChI is InChI=1S/C18H17N5O3S/c1-10-7-22-12(8-21-10)18(25)23-5-6-26-13(9-23)14-11-3-2-4-20-17(11)27-15(14)16(19)24/h2-4,7-8,13H,5-6,9H2,1H3,(H2,19,24). The fraction of sp³-hybridized carbons (Fsp3) is 0.278. The minimum Gasteiger partial charge on any atom is -0.370 e. The van der Waals surface area contributed by atoms with Gasteiger partial charge in [0.1, 0.15) is 21.5 Å². The number of hydrogen-bond donors (Lipinski definition) is 1. The molecule has 3 aromatic rings. The first-order valence-electron chi connectivity index (χ1n) is 8.41. The fourth-order valence-corrected chi connectivity index (χ4v) is 4.17. The number of morpholine rings is 1.